The zero-order chi connectivity index (χ0) is 21.7. The molecule has 1 nitrogen and oxygen atoms in total. The van der Waals surface area contributed by atoms with Crippen LogP contribution in [0.15, 0.2) is 84.6 Å². The first-order valence-electron chi connectivity index (χ1n) is 10.7. The van der Waals surface area contributed by atoms with E-state index in [-0.39, 0.29) is 17.6 Å². The minimum Gasteiger partial charge on any atom is -0.393 e. The van der Waals surface area contributed by atoms with Crippen LogP contribution in [0, 0.1) is 5.92 Å². The number of hydrogen-bond acceptors (Lipinski definition) is 1. The zero-order valence-electron chi connectivity index (χ0n) is 19.0. The molecule has 0 heterocycles. The largest absolute Gasteiger partial charge is 0.393 e. The second-order valence-electron chi connectivity index (χ2n) is 9.65. The van der Waals surface area contributed by atoms with E-state index in [1.54, 1.807) is 0 Å². The van der Waals surface area contributed by atoms with Crippen LogP contribution in [0.3, 0.4) is 0 Å². The average Bonchev–Trinajstić information content (AvgIpc) is 2.69. The Labute approximate surface area is 180 Å². The van der Waals surface area contributed by atoms with Crippen LogP contribution in [-0.4, -0.2) is 27.4 Å². The smallest absolute Gasteiger partial charge is 0.103 e. The second kappa shape index (κ2) is 9.88. The van der Waals surface area contributed by atoms with Crippen LogP contribution in [0.5, 0.6) is 0 Å². The molecule has 0 saturated carbocycles. The Morgan fingerprint density at radius 1 is 0.897 bits per heavy atom. The highest BCUT2D eigenvalue weighted by atomic mass is 28.3. The summed E-state index contributed by atoms with van der Waals surface area (Å²) >= 11 is 0. The minimum atomic E-state index is -1.93. The van der Waals surface area contributed by atoms with Gasteiger partial charge in [0.2, 0.25) is 0 Å². The zero-order valence-corrected chi connectivity index (χ0v) is 21.0. The Hall–Kier alpha value is -1.69. The highest BCUT2D eigenvalue weighted by molar-refractivity contribution is 6.94. The Morgan fingerprint density at radius 3 is 1.86 bits per heavy atom. The molecule has 0 aliphatic carbocycles. The molecule has 0 bridgehead atoms. The first kappa shape index (κ1) is 23.6. The molecule has 0 aliphatic heterocycles. The van der Waals surface area contributed by atoms with Gasteiger partial charge in [0, 0.05) is 5.54 Å². The fourth-order valence-corrected chi connectivity index (χ4v) is 9.95. The molecule has 2 aromatic rings. The maximum Gasteiger partial charge on any atom is 0.103 e. The van der Waals surface area contributed by atoms with Crippen LogP contribution in [0.1, 0.15) is 20.3 Å². The molecule has 3 heteroatoms. The van der Waals surface area contributed by atoms with Gasteiger partial charge in [-0.05, 0) is 12.3 Å². The molecule has 0 spiro atoms. The van der Waals surface area contributed by atoms with E-state index in [0.29, 0.717) is 0 Å². The van der Waals surface area contributed by atoms with Gasteiger partial charge in [0.25, 0.3) is 0 Å². The topological polar surface area (TPSA) is 20.2 Å². The molecule has 0 radical (unpaired) electrons. The predicted octanol–water partition coefficient (Wildman–Crippen LogP) is 5.65. The third-order valence-electron chi connectivity index (χ3n) is 6.19. The van der Waals surface area contributed by atoms with E-state index in [0.717, 1.165) is 6.42 Å². The van der Waals surface area contributed by atoms with Gasteiger partial charge in [0.05, 0.1) is 14.2 Å². The molecule has 1 N–H and O–H groups in total. The lowest BCUT2D eigenvalue weighted by Gasteiger charge is -2.39. The number of allylic oxidation sites excluding steroid dienone is 1. The van der Waals surface area contributed by atoms with Crippen molar-refractivity contribution in [3.05, 3.63) is 84.6 Å². The molecule has 0 aliphatic rings. The van der Waals surface area contributed by atoms with Crippen LogP contribution in [-0.2, 0) is 0 Å². The molecule has 156 valence electrons. The van der Waals surface area contributed by atoms with Crippen molar-refractivity contribution in [3.8, 4) is 0 Å². The summed E-state index contributed by atoms with van der Waals surface area (Å²) in [6.07, 6.45) is 2.77. The third-order valence-corrected chi connectivity index (χ3v) is 13.2. The summed E-state index contributed by atoms with van der Waals surface area (Å²) in [5.41, 5.74) is 3.72. The first-order chi connectivity index (χ1) is 13.6. The lowest BCUT2D eigenvalue weighted by molar-refractivity contribution is 0.123. The SMILES string of the molecule is C=C(C/C=C\[Si](C)(C)c1ccccc1)[C@@H]([C@@H](O)C(C)C)[Si](C)(C)c1ccccc1. The molecule has 29 heavy (non-hydrogen) atoms. The first-order valence-corrected chi connectivity index (χ1v) is 16.9. The summed E-state index contributed by atoms with van der Waals surface area (Å²) in [6.45, 7) is 18.2. The molecule has 2 aromatic carbocycles. The fraction of sp³-hybridized carbons (Fsp3) is 0.385. The number of rotatable bonds is 9. The van der Waals surface area contributed by atoms with Crippen LogP contribution in [0.2, 0.25) is 31.7 Å². The van der Waals surface area contributed by atoms with E-state index >= 15 is 0 Å². The highest BCUT2D eigenvalue weighted by Crippen LogP contribution is 2.37. The molecule has 0 amide bonds. The van der Waals surface area contributed by atoms with E-state index in [9.17, 15) is 5.11 Å². The van der Waals surface area contributed by atoms with Gasteiger partial charge < -0.3 is 5.11 Å². The van der Waals surface area contributed by atoms with Crippen LogP contribution >= 0.6 is 0 Å². The molecular weight excluding hydrogens is 384 g/mol. The minimum absolute atomic E-state index is 0.135. The second-order valence-corrected chi connectivity index (χ2v) is 18.6. The monoisotopic (exact) mass is 422 g/mol. The van der Waals surface area contributed by atoms with Crippen LogP contribution < -0.4 is 10.4 Å². The van der Waals surface area contributed by atoms with Crippen molar-refractivity contribution in [1.29, 1.82) is 0 Å². The van der Waals surface area contributed by atoms with E-state index in [1.165, 1.54) is 15.9 Å². The van der Waals surface area contributed by atoms with E-state index in [1.807, 2.05) is 0 Å². The summed E-state index contributed by atoms with van der Waals surface area (Å²) in [4.78, 5) is 0. The van der Waals surface area contributed by atoms with Gasteiger partial charge in [0.1, 0.15) is 8.07 Å². The summed E-state index contributed by atoms with van der Waals surface area (Å²) < 4.78 is 0. The van der Waals surface area contributed by atoms with Gasteiger partial charge in [-0.15, -0.1) is 0 Å². The summed E-state index contributed by atoms with van der Waals surface area (Å²) in [5, 5.41) is 14.0. The predicted molar refractivity (Wildman–Crippen MR) is 135 cm³/mol. The lowest BCUT2D eigenvalue weighted by atomic mass is 9.97. The van der Waals surface area contributed by atoms with E-state index < -0.39 is 16.1 Å². The normalized spacial score (nSPS) is 14.9. The molecule has 0 saturated heterocycles. The molecule has 0 aromatic heterocycles. The van der Waals surface area contributed by atoms with Gasteiger partial charge in [-0.1, -0.05) is 135 Å². The number of benzene rings is 2. The lowest BCUT2D eigenvalue weighted by Crippen LogP contribution is -2.51. The third kappa shape index (κ3) is 5.91. The standard InChI is InChI=1S/C26H38OSi2/c1-21(2)25(27)26(29(6,7)24-18-12-9-13-19-24)22(3)15-14-20-28(4,5)23-16-10-8-11-17-23/h8-14,16-21,25-27H,3,15H2,1-2,4-7H3/b20-14-/t25-,26-/m0/s1. The average molecular weight is 423 g/mol. The Balaban J connectivity index is 2.25. The van der Waals surface area contributed by atoms with Crippen molar-refractivity contribution in [2.75, 3.05) is 0 Å². The Kier molecular flexibility index (Phi) is 8.04. The Morgan fingerprint density at radius 2 is 1.38 bits per heavy atom. The van der Waals surface area contributed by atoms with Gasteiger partial charge in [-0.3, -0.25) is 0 Å². The van der Waals surface area contributed by atoms with Crippen molar-refractivity contribution in [3.63, 3.8) is 0 Å². The molecule has 0 fully saturated rings. The van der Waals surface area contributed by atoms with Crippen molar-refractivity contribution >= 4 is 26.5 Å². The quantitative estimate of drug-likeness (QED) is 0.409. The van der Waals surface area contributed by atoms with Gasteiger partial charge in [0.15, 0.2) is 0 Å². The molecule has 2 rings (SSSR count). The van der Waals surface area contributed by atoms with Crippen LogP contribution in [0.4, 0.5) is 0 Å². The molecular formula is C26H38OSi2. The number of hydrogen-bond donors (Lipinski definition) is 1. The van der Waals surface area contributed by atoms with Crippen molar-refractivity contribution in [2.24, 2.45) is 5.92 Å². The van der Waals surface area contributed by atoms with Gasteiger partial charge in [-0.2, -0.15) is 0 Å². The van der Waals surface area contributed by atoms with Crippen molar-refractivity contribution < 1.29 is 5.11 Å². The summed E-state index contributed by atoms with van der Waals surface area (Å²) in [7, 11) is -3.54. The number of aliphatic hydroxyl groups is 1. The van der Waals surface area contributed by atoms with Gasteiger partial charge >= 0.3 is 0 Å². The summed E-state index contributed by atoms with van der Waals surface area (Å²) in [6, 6.07) is 21.5. The fourth-order valence-electron chi connectivity index (χ4n) is 4.21. The molecule has 2 atom stereocenters. The van der Waals surface area contributed by atoms with E-state index in [2.05, 4.69) is 119 Å². The molecule has 0 unspecified atom stereocenters. The maximum atomic E-state index is 11.1. The highest BCUT2D eigenvalue weighted by Gasteiger charge is 2.40. The maximum absolute atomic E-state index is 11.1. The van der Waals surface area contributed by atoms with Crippen molar-refractivity contribution in [2.45, 2.75) is 58.1 Å². The van der Waals surface area contributed by atoms with E-state index in [4.69, 9.17) is 0 Å². The van der Waals surface area contributed by atoms with Gasteiger partial charge in [-0.25, -0.2) is 0 Å². The van der Waals surface area contributed by atoms with Crippen LogP contribution in [0.25, 0.3) is 0 Å². The van der Waals surface area contributed by atoms with Crippen molar-refractivity contribution in [1.82, 2.24) is 0 Å². The Bertz CT molecular complexity index is 807. The summed E-state index contributed by atoms with van der Waals surface area (Å²) in [5.74, 6) is 0.214. The number of aliphatic hydroxyl groups excluding tert-OH is 1.